The number of hydrogen-bond donors (Lipinski definition) is 1. The van der Waals surface area contributed by atoms with Crippen molar-refractivity contribution in [3.05, 3.63) is 64.7 Å². The van der Waals surface area contributed by atoms with E-state index in [0.717, 1.165) is 21.8 Å². The molecule has 106 valence electrons. The Morgan fingerprint density at radius 2 is 1.50 bits per heavy atom. The standard InChI is InChI=1S/C17H20ClNO/c1-12(14-8-4-6-10-16(14)18)19(3)17-11-7-5-9-15(17)13(2)20/h4-13,20H,1-3H3/t12?,13-/m0/s1. The van der Waals surface area contributed by atoms with Gasteiger partial charge in [-0.15, -0.1) is 0 Å². The third kappa shape index (κ3) is 2.97. The van der Waals surface area contributed by atoms with Gasteiger partial charge in [-0.3, -0.25) is 0 Å². The van der Waals surface area contributed by atoms with E-state index in [1.807, 2.05) is 55.6 Å². The molecule has 1 N–H and O–H groups in total. The molecule has 0 spiro atoms. The monoisotopic (exact) mass is 289 g/mol. The number of anilines is 1. The maximum Gasteiger partial charge on any atom is 0.0781 e. The first kappa shape index (κ1) is 14.9. The average molecular weight is 290 g/mol. The summed E-state index contributed by atoms with van der Waals surface area (Å²) < 4.78 is 0. The Bertz CT molecular complexity index is 583. The van der Waals surface area contributed by atoms with Crippen LogP contribution in [0.1, 0.15) is 37.1 Å². The van der Waals surface area contributed by atoms with Crippen molar-refractivity contribution >= 4 is 17.3 Å². The lowest BCUT2D eigenvalue weighted by Crippen LogP contribution is -2.23. The summed E-state index contributed by atoms with van der Waals surface area (Å²) in [6.07, 6.45) is -0.493. The highest BCUT2D eigenvalue weighted by Crippen LogP contribution is 2.33. The first-order valence-corrected chi connectivity index (χ1v) is 7.14. The van der Waals surface area contributed by atoms with Crippen molar-refractivity contribution in [1.29, 1.82) is 0 Å². The van der Waals surface area contributed by atoms with E-state index in [-0.39, 0.29) is 6.04 Å². The second-order valence-electron chi connectivity index (χ2n) is 5.04. The van der Waals surface area contributed by atoms with E-state index in [1.54, 1.807) is 6.92 Å². The molecule has 1 unspecified atom stereocenters. The van der Waals surface area contributed by atoms with Crippen molar-refractivity contribution in [1.82, 2.24) is 0 Å². The Morgan fingerprint density at radius 3 is 2.10 bits per heavy atom. The molecule has 0 aliphatic heterocycles. The minimum Gasteiger partial charge on any atom is -0.389 e. The number of para-hydroxylation sites is 1. The van der Waals surface area contributed by atoms with Crippen molar-refractivity contribution in [2.75, 3.05) is 11.9 Å². The van der Waals surface area contributed by atoms with Crippen LogP contribution in [0.5, 0.6) is 0 Å². The summed E-state index contributed by atoms with van der Waals surface area (Å²) in [4.78, 5) is 2.14. The molecule has 0 aliphatic rings. The number of aliphatic hydroxyl groups excluding tert-OH is 1. The van der Waals surface area contributed by atoms with Gasteiger partial charge < -0.3 is 10.0 Å². The van der Waals surface area contributed by atoms with Crippen molar-refractivity contribution in [3.8, 4) is 0 Å². The minimum atomic E-state index is -0.493. The minimum absolute atomic E-state index is 0.128. The molecule has 3 heteroatoms. The molecule has 2 atom stereocenters. The number of hydrogen-bond acceptors (Lipinski definition) is 2. The predicted octanol–water partition coefficient (Wildman–Crippen LogP) is 4.59. The van der Waals surface area contributed by atoms with E-state index >= 15 is 0 Å². The third-order valence-corrected chi connectivity index (χ3v) is 4.05. The molecular weight excluding hydrogens is 270 g/mol. The van der Waals surface area contributed by atoms with E-state index in [4.69, 9.17) is 11.6 Å². The molecule has 0 saturated carbocycles. The lowest BCUT2D eigenvalue weighted by atomic mass is 10.0. The highest BCUT2D eigenvalue weighted by molar-refractivity contribution is 6.31. The fraction of sp³-hybridized carbons (Fsp3) is 0.294. The van der Waals surface area contributed by atoms with Crippen LogP contribution < -0.4 is 4.90 Å². The molecule has 0 amide bonds. The van der Waals surface area contributed by atoms with Crippen LogP contribution in [0.15, 0.2) is 48.5 Å². The zero-order chi connectivity index (χ0) is 14.7. The summed E-state index contributed by atoms with van der Waals surface area (Å²) in [5.41, 5.74) is 3.03. The predicted molar refractivity (Wildman–Crippen MR) is 85.3 cm³/mol. The van der Waals surface area contributed by atoms with E-state index in [2.05, 4.69) is 11.8 Å². The molecule has 2 aromatic carbocycles. The van der Waals surface area contributed by atoms with Crippen LogP contribution in [0.25, 0.3) is 0 Å². The van der Waals surface area contributed by atoms with Crippen LogP contribution in [-0.4, -0.2) is 12.2 Å². The van der Waals surface area contributed by atoms with E-state index in [9.17, 15) is 5.11 Å². The van der Waals surface area contributed by atoms with Crippen LogP contribution in [0.4, 0.5) is 5.69 Å². The molecule has 2 rings (SSSR count). The summed E-state index contributed by atoms with van der Waals surface area (Å²) in [5, 5.41) is 10.7. The summed E-state index contributed by atoms with van der Waals surface area (Å²) in [6.45, 7) is 3.90. The summed E-state index contributed by atoms with van der Waals surface area (Å²) in [5.74, 6) is 0. The molecular formula is C17H20ClNO. The van der Waals surface area contributed by atoms with Crippen molar-refractivity contribution in [2.24, 2.45) is 0 Å². The molecule has 0 aliphatic carbocycles. The van der Waals surface area contributed by atoms with Gasteiger partial charge in [0, 0.05) is 23.3 Å². The van der Waals surface area contributed by atoms with Crippen molar-refractivity contribution in [2.45, 2.75) is 26.0 Å². The molecule has 20 heavy (non-hydrogen) atoms. The molecule has 2 aromatic rings. The highest BCUT2D eigenvalue weighted by atomic mass is 35.5. The zero-order valence-corrected chi connectivity index (χ0v) is 12.8. The van der Waals surface area contributed by atoms with Gasteiger partial charge in [0.25, 0.3) is 0 Å². The van der Waals surface area contributed by atoms with Crippen LogP contribution in [0.3, 0.4) is 0 Å². The van der Waals surface area contributed by atoms with Crippen molar-refractivity contribution in [3.63, 3.8) is 0 Å². The largest absolute Gasteiger partial charge is 0.389 e. The van der Waals surface area contributed by atoms with Gasteiger partial charge in [-0.25, -0.2) is 0 Å². The topological polar surface area (TPSA) is 23.5 Å². The summed E-state index contributed by atoms with van der Waals surface area (Å²) in [6, 6.07) is 15.9. The van der Waals surface area contributed by atoms with Gasteiger partial charge in [0.2, 0.25) is 0 Å². The Morgan fingerprint density at radius 1 is 0.950 bits per heavy atom. The highest BCUT2D eigenvalue weighted by Gasteiger charge is 2.18. The number of benzene rings is 2. The first-order valence-electron chi connectivity index (χ1n) is 6.76. The third-order valence-electron chi connectivity index (χ3n) is 3.70. The lowest BCUT2D eigenvalue weighted by molar-refractivity contribution is 0.199. The normalized spacial score (nSPS) is 13.8. The Hall–Kier alpha value is -1.51. The SMILES string of the molecule is CC(c1ccccc1Cl)N(C)c1ccccc1[C@H](C)O. The average Bonchev–Trinajstić information content (AvgIpc) is 2.46. The molecule has 0 aromatic heterocycles. The Labute approximate surface area is 125 Å². The molecule has 0 heterocycles. The Balaban J connectivity index is 2.37. The number of rotatable bonds is 4. The van der Waals surface area contributed by atoms with Crippen molar-refractivity contribution < 1.29 is 5.11 Å². The van der Waals surface area contributed by atoms with Gasteiger partial charge in [-0.2, -0.15) is 0 Å². The lowest BCUT2D eigenvalue weighted by Gasteiger charge is -2.30. The fourth-order valence-electron chi connectivity index (χ4n) is 2.39. The molecule has 0 bridgehead atoms. The van der Waals surface area contributed by atoms with Gasteiger partial charge in [0.05, 0.1) is 12.1 Å². The number of halogens is 1. The molecule has 0 saturated heterocycles. The number of aliphatic hydroxyl groups is 1. The smallest absolute Gasteiger partial charge is 0.0781 e. The van der Waals surface area contributed by atoms with Gasteiger partial charge in [0.1, 0.15) is 0 Å². The van der Waals surface area contributed by atoms with Crippen LogP contribution >= 0.6 is 11.6 Å². The van der Waals surface area contributed by atoms with Crippen LogP contribution in [0.2, 0.25) is 5.02 Å². The second-order valence-corrected chi connectivity index (χ2v) is 5.45. The zero-order valence-electron chi connectivity index (χ0n) is 12.0. The number of nitrogens with zero attached hydrogens (tertiary/aromatic N) is 1. The Kier molecular flexibility index (Phi) is 4.69. The van der Waals surface area contributed by atoms with E-state index in [1.165, 1.54) is 0 Å². The van der Waals surface area contributed by atoms with E-state index in [0.29, 0.717) is 0 Å². The second kappa shape index (κ2) is 6.29. The van der Waals surface area contributed by atoms with Crippen LogP contribution in [0, 0.1) is 0 Å². The quantitative estimate of drug-likeness (QED) is 0.890. The van der Waals surface area contributed by atoms with E-state index < -0.39 is 6.10 Å². The fourth-order valence-corrected chi connectivity index (χ4v) is 2.69. The van der Waals surface area contributed by atoms with Gasteiger partial charge in [-0.1, -0.05) is 48.0 Å². The summed E-state index contributed by atoms with van der Waals surface area (Å²) in [7, 11) is 2.02. The summed E-state index contributed by atoms with van der Waals surface area (Å²) >= 11 is 6.28. The van der Waals surface area contributed by atoms with Gasteiger partial charge >= 0.3 is 0 Å². The van der Waals surface area contributed by atoms with Crippen LogP contribution in [-0.2, 0) is 0 Å². The van der Waals surface area contributed by atoms with Gasteiger partial charge in [0.15, 0.2) is 0 Å². The van der Waals surface area contributed by atoms with Gasteiger partial charge in [-0.05, 0) is 31.5 Å². The first-order chi connectivity index (χ1) is 9.52. The molecule has 0 radical (unpaired) electrons. The maximum absolute atomic E-state index is 9.91. The molecule has 0 fully saturated rings. The molecule has 2 nitrogen and oxygen atoms in total. The maximum atomic E-state index is 9.91.